The van der Waals surface area contributed by atoms with Crippen molar-refractivity contribution in [2.24, 2.45) is 4.99 Å². The highest BCUT2D eigenvalue weighted by Crippen LogP contribution is 2.30. The first kappa shape index (κ1) is 16.3. The molecule has 2 aromatic carbocycles. The molecule has 6 heteroatoms. The minimum absolute atomic E-state index is 0.0711. The van der Waals surface area contributed by atoms with Crippen molar-refractivity contribution >= 4 is 40.2 Å². The van der Waals surface area contributed by atoms with E-state index in [-0.39, 0.29) is 11.7 Å². The fourth-order valence-electron chi connectivity index (χ4n) is 2.50. The quantitative estimate of drug-likeness (QED) is 0.900. The number of carbonyl (C=O) groups is 2. The molecule has 0 bridgehead atoms. The second kappa shape index (κ2) is 6.88. The van der Waals surface area contributed by atoms with Gasteiger partial charge in [0.1, 0.15) is 0 Å². The summed E-state index contributed by atoms with van der Waals surface area (Å²) in [4.78, 5) is 30.0. The predicted molar refractivity (Wildman–Crippen MR) is 98.8 cm³/mol. The summed E-state index contributed by atoms with van der Waals surface area (Å²) < 4.78 is 0. The van der Waals surface area contributed by atoms with Gasteiger partial charge in [-0.05, 0) is 37.6 Å². The van der Waals surface area contributed by atoms with Gasteiger partial charge in [0.05, 0.1) is 11.4 Å². The lowest BCUT2D eigenvalue weighted by atomic mass is 10.1. The van der Waals surface area contributed by atoms with E-state index in [1.54, 1.807) is 12.1 Å². The SMILES string of the molecule is Cc1ccc(N2C(=O)CS/C2=N/C(=O)Nc2ccccc2)c(C)c1. The first-order valence-corrected chi connectivity index (χ1v) is 8.51. The number of aliphatic imine (C=N–C) groups is 1. The topological polar surface area (TPSA) is 61.8 Å². The van der Waals surface area contributed by atoms with Crippen LogP contribution < -0.4 is 10.2 Å². The van der Waals surface area contributed by atoms with Crippen molar-refractivity contribution in [3.8, 4) is 0 Å². The van der Waals surface area contributed by atoms with Crippen molar-refractivity contribution in [1.82, 2.24) is 0 Å². The number of anilines is 2. The van der Waals surface area contributed by atoms with Crippen LogP contribution >= 0.6 is 11.8 Å². The molecule has 1 aliphatic heterocycles. The van der Waals surface area contributed by atoms with Crippen molar-refractivity contribution in [2.45, 2.75) is 13.8 Å². The molecule has 1 heterocycles. The smallest absolute Gasteiger partial charge is 0.306 e. The minimum atomic E-state index is -0.492. The van der Waals surface area contributed by atoms with Crippen molar-refractivity contribution < 1.29 is 9.59 Å². The van der Waals surface area contributed by atoms with Crippen LogP contribution in [-0.4, -0.2) is 22.9 Å². The number of hydrogen-bond acceptors (Lipinski definition) is 3. The van der Waals surface area contributed by atoms with Crippen LogP contribution in [0.5, 0.6) is 0 Å². The molecule has 0 unspecified atom stereocenters. The predicted octanol–water partition coefficient (Wildman–Crippen LogP) is 3.97. The molecule has 0 radical (unpaired) electrons. The Balaban J connectivity index is 1.86. The van der Waals surface area contributed by atoms with E-state index in [1.165, 1.54) is 16.7 Å². The fourth-order valence-corrected chi connectivity index (χ4v) is 3.36. The van der Waals surface area contributed by atoms with Crippen molar-refractivity contribution in [2.75, 3.05) is 16.0 Å². The Morgan fingerprint density at radius 3 is 2.62 bits per heavy atom. The summed E-state index contributed by atoms with van der Waals surface area (Å²) in [5.74, 6) is 0.211. The van der Waals surface area contributed by atoms with Crippen LogP contribution in [0.1, 0.15) is 11.1 Å². The van der Waals surface area contributed by atoms with Crippen LogP contribution in [0.25, 0.3) is 0 Å². The molecule has 2 aromatic rings. The summed E-state index contributed by atoms with van der Waals surface area (Å²) >= 11 is 1.27. The molecular weight excluding hydrogens is 322 g/mol. The Kier molecular flexibility index (Phi) is 4.66. The average Bonchev–Trinajstić information content (AvgIpc) is 2.89. The molecule has 1 N–H and O–H groups in total. The van der Waals surface area contributed by atoms with Crippen molar-refractivity contribution in [3.05, 3.63) is 59.7 Å². The maximum absolute atomic E-state index is 12.3. The molecule has 0 saturated carbocycles. The first-order chi connectivity index (χ1) is 11.5. The Hall–Kier alpha value is -2.60. The van der Waals surface area contributed by atoms with E-state index in [1.807, 2.05) is 50.2 Å². The fraction of sp³-hybridized carbons (Fsp3) is 0.167. The molecule has 0 aromatic heterocycles. The van der Waals surface area contributed by atoms with Crippen molar-refractivity contribution in [3.63, 3.8) is 0 Å². The molecule has 1 aliphatic rings. The molecule has 122 valence electrons. The van der Waals surface area contributed by atoms with E-state index in [9.17, 15) is 9.59 Å². The minimum Gasteiger partial charge on any atom is -0.306 e. The number of benzene rings is 2. The number of carbonyl (C=O) groups excluding carboxylic acids is 2. The van der Waals surface area contributed by atoms with Gasteiger partial charge in [-0.1, -0.05) is 47.7 Å². The summed E-state index contributed by atoms with van der Waals surface area (Å²) in [6, 6.07) is 14.5. The third kappa shape index (κ3) is 3.49. The summed E-state index contributed by atoms with van der Waals surface area (Å²) in [5.41, 5.74) is 3.53. The van der Waals surface area contributed by atoms with E-state index in [2.05, 4.69) is 10.3 Å². The zero-order valence-electron chi connectivity index (χ0n) is 13.4. The average molecular weight is 339 g/mol. The molecule has 0 atom stereocenters. The van der Waals surface area contributed by atoms with Crippen LogP contribution in [0.15, 0.2) is 53.5 Å². The van der Waals surface area contributed by atoms with Gasteiger partial charge >= 0.3 is 6.03 Å². The molecular formula is C18H17N3O2S. The highest BCUT2D eigenvalue weighted by Gasteiger charge is 2.31. The van der Waals surface area contributed by atoms with Gasteiger partial charge in [-0.15, -0.1) is 0 Å². The lowest BCUT2D eigenvalue weighted by Gasteiger charge is -2.18. The maximum atomic E-state index is 12.3. The van der Waals surface area contributed by atoms with E-state index in [4.69, 9.17) is 0 Å². The van der Waals surface area contributed by atoms with Gasteiger partial charge in [-0.2, -0.15) is 4.99 Å². The molecule has 24 heavy (non-hydrogen) atoms. The summed E-state index contributed by atoms with van der Waals surface area (Å²) in [6.45, 7) is 3.94. The number of thioether (sulfide) groups is 1. The number of amidine groups is 1. The Labute approximate surface area is 144 Å². The van der Waals surface area contributed by atoms with E-state index in [0.717, 1.165) is 16.8 Å². The van der Waals surface area contributed by atoms with Gasteiger partial charge in [0.2, 0.25) is 5.91 Å². The maximum Gasteiger partial charge on any atom is 0.347 e. The molecule has 1 saturated heterocycles. The lowest BCUT2D eigenvalue weighted by Crippen LogP contribution is -2.30. The van der Waals surface area contributed by atoms with Gasteiger partial charge in [0.25, 0.3) is 0 Å². The third-order valence-electron chi connectivity index (χ3n) is 3.58. The first-order valence-electron chi connectivity index (χ1n) is 7.52. The molecule has 3 rings (SSSR count). The van der Waals surface area contributed by atoms with E-state index < -0.39 is 6.03 Å². The molecule has 0 spiro atoms. The third-order valence-corrected chi connectivity index (χ3v) is 4.50. The summed E-state index contributed by atoms with van der Waals surface area (Å²) in [5, 5.41) is 3.10. The second-order valence-electron chi connectivity index (χ2n) is 5.50. The van der Waals surface area contributed by atoms with Gasteiger partial charge in [0.15, 0.2) is 5.17 Å². The monoisotopic (exact) mass is 339 g/mol. The lowest BCUT2D eigenvalue weighted by molar-refractivity contribution is -0.115. The number of nitrogens with one attached hydrogen (secondary N) is 1. The number of aryl methyl sites for hydroxylation is 2. The van der Waals surface area contributed by atoms with Gasteiger partial charge in [-0.25, -0.2) is 4.79 Å². The van der Waals surface area contributed by atoms with Crippen LogP contribution in [-0.2, 0) is 4.79 Å². The summed E-state index contributed by atoms with van der Waals surface area (Å²) in [7, 11) is 0. The largest absolute Gasteiger partial charge is 0.347 e. The number of nitrogens with zero attached hydrogens (tertiary/aromatic N) is 2. The van der Waals surface area contributed by atoms with Crippen LogP contribution in [0.3, 0.4) is 0 Å². The Bertz CT molecular complexity index is 818. The zero-order chi connectivity index (χ0) is 17.1. The normalized spacial score (nSPS) is 15.8. The number of hydrogen-bond donors (Lipinski definition) is 1. The zero-order valence-corrected chi connectivity index (χ0v) is 14.3. The van der Waals surface area contributed by atoms with Crippen LogP contribution in [0.4, 0.5) is 16.2 Å². The highest BCUT2D eigenvalue weighted by atomic mass is 32.2. The van der Waals surface area contributed by atoms with Crippen LogP contribution in [0.2, 0.25) is 0 Å². The molecule has 1 fully saturated rings. The second-order valence-corrected chi connectivity index (χ2v) is 6.44. The molecule has 5 nitrogen and oxygen atoms in total. The van der Waals surface area contributed by atoms with Gasteiger partial charge in [0, 0.05) is 5.69 Å². The number of urea groups is 1. The van der Waals surface area contributed by atoms with Gasteiger partial charge < -0.3 is 5.32 Å². The summed E-state index contributed by atoms with van der Waals surface area (Å²) in [6.07, 6.45) is 0. The molecule has 3 amide bonds. The van der Waals surface area contributed by atoms with Gasteiger partial charge in [-0.3, -0.25) is 9.69 Å². The molecule has 0 aliphatic carbocycles. The standard InChI is InChI=1S/C18H17N3O2S/c1-12-8-9-15(13(2)10-12)21-16(22)11-24-18(21)20-17(23)19-14-6-4-3-5-7-14/h3-10H,11H2,1-2H3,(H,19,23)/b20-18+. The number of amides is 3. The highest BCUT2D eigenvalue weighted by molar-refractivity contribution is 8.15. The Morgan fingerprint density at radius 2 is 1.92 bits per heavy atom. The number of para-hydroxylation sites is 1. The van der Waals surface area contributed by atoms with E-state index in [0.29, 0.717) is 10.9 Å². The van der Waals surface area contributed by atoms with Crippen molar-refractivity contribution in [1.29, 1.82) is 0 Å². The van der Waals surface area contributed by atoms with E-state index >= 15 is 0 Å². The van der Waals surface area contributed by atoms with Crippen LogP contribution in [0, 0.1) is 13.8 Å². The number of rotatable bonds is 2. The Morgan fingerprint density at radius 1 is 1.17 bits per heavy atom.